The summed E-state index contributed by atoms with van der Waals surface area (Å²) in [6, 6.07) is 15.2. The number of benzene rings is 2. The Hall–Kier alpha value is -4.00. The second-order valence-corrected chi connectivity index (χ2v) is 8.81. The van der Waals surface area contributed by atoms with Crippen LogP contribution in [0.15, 0.2) is 48.5 Å². The predicted octanol–water partition coefficient (Wildman–Crippen LogP) is 4.97. The zero-order valence-electron chi connectivity index (χ0n) is 20.9. The first-order valence-corrected chi connectivity index (χ1v) is 11.9. The van der Waals surface area contributed by atoms with E-state index < -0.39 is 0 Å². The number of rotatable bonds is 7. The molecular weight excluding hydrogens is 438 g/mol. The van der Waals surface area contributed by atoms with Gasteiger partial charge in [0.2, 0.25) is 5.91 Å². The number of fused-ring (bicyclic) bond motifs is 1. The van der Waals surface area contributed by atoms with Crippen LogP contribution in [0, 0.1) is 20.8 Å². The molecule has 2 N–H and O–H groups in total. The molecule has 0 spiro atoms. The van der Waals surface area contributed by atoms with E-state index >= 15 is 0 Å². The summed E-state index contributed by atoms with van der Waals surface area (Å²) in [5.41, 5.74) is 8.06. The predicted molar refractivity (Wildman–Crippen MR) is 140 cm³/mol. The van der Waals surface area contributed by atoms with Gasteiger partial charge in [-0.05, 0) is 70.0 Å². The number of nitrogens with one attached hydrogen (secondary N) is 2. The van der Waals surface area contributed by atoms with Gasteiger partial charge in [0, 0.05) is 42.3 Å². The molecule has 0 radical (unpaired) electrons. The molecule has 2 aromatic heterocycles. The molecule has 0 fully saturated rings. The summed E-state index contributed by atoms with van der Waals surface area (Å²) in [5.74, 6) is -0.249. The van der Waals surface area contributed by atoms with Gasteiger partial charge in [0.1, 0.15) is 0 Å². The van der Waals surface area contributed by atoms with Gasteiger partial charge in [0.25, 0.3) is 5.91 Å². The highest BCUT2D eigenvalue weighted by atomic mass is 16.2. The van der Waals surface area contributed by atoms with E-state index in [1.54, 1.807) is 0 Å². The number of pyridine rings is 1. The molecule has 4 rings (SSSR count). The van der Waals surface area contributed by atoms with Gasteiger partial charge in [-0.2, -0.15) is 5.10 Å². The van der Waals surface area contributed by atoms with Crippen molar-refractivity contribution in [1.29, 1.82) is 0 Å². The van der Waals surface area contributed by atoms with Gasteiger partial charge in [-0.15, -0.1) is 0 Å². The SMILES string of the molecule is CCn1nc(C)c(CCNC(=O)c2cc(-c3ccc(NC(C)=O)cc3)nc3ccc(C)cc23)c1C. The molecule has 2 heterocycles. The molecule has 7 heteroatoms. The number of hydrogen-bond acceptors (Lipinski definition) is 4. The van der Waals surface area contributed by atoms with Crippen molar-refractivity contribution in [2.24, 2.45) is 0 Å². The lowest BCUT2D eigenvalue weighted by atomic mass is 10.0. The van der Waals surface area contributed by atoms with Gasteiger partial charge in [-0.1, -0.05) is 23.8 Å². The molecule has 0 aliphatic heterocycles. The molecule has 0 saturated heterocycles. The summed E-state index contributed by atoms with van der Waals surface area (Å²) >= 11 is 0. The third-order valence-electron chi connectivity index (χ3n) is 6.20. The van der Waals surface area contributed by atoms with E-state index in [1.807, 2.05) is 67.1 Å². The average molecular weight is 470 g/mol. The minimum Gasteiger partial charge on any atom is -0.352 e. The summed E-state index contributed by atoms with van der Waals surface area (Å²) in [6.07, 6.45) is 0.725. The van der Waals surface area contributed by atoms with Gasteiger partial charge in [-0.3, -0.25) is 14.3 Å². The van der Waals surface area contributed by atoms with Crippen LogP contribution in [0.1, 0.15) is 46.7 Å². The minimum atomic E-state index is -0.127. The van der Waals surface area contributed by atoms with Crippen LogP contribution in [0.4, 0.5) is 5.69 Å². The maximum absolute atomic E-state index is 13.3. The number of anilines is 1. The Labute approximate surface area is 205 Å². The zero-order chi connectivity index (χ0) is 25.1. The van der Waals surface area contributed by atoms with Crippen molar-refractivity contribution in [2.45, 2.75) is 47.6 Å². The number of carbonyl (C=O) groups is 2. The van der Waals surface area contributed by atoms with Gasteiger partial charge in [-0.25, -0.2) is 4.98 Å². The van der Waals surface area contributed by atoms with Crippen LogP contribution in [0.5, 0.6) is 0 Å². The molecule has 0 atom stereocenters. The highest BCUT2D eigenvalue weighted by Gasteiger charge is 2.16. The second-order valence-electron chi connectivity index (χ2n) is 8.81. The van der Waals surface area contributed by atoms with E-state index in [0.717, 1.165) is 46.4 Å². The van der Waals surface area contributed by atoms with Crippen molar-refractivity contribution < 1.29 is 9.59 Å². The van der Waals surface area contributed by atoms with E-state index in [4.69, 9.17) is 4.98 Å². The molecule has 2 amide bonds. The number of carbonyl (C=O) groups excluding carboxylic acids is 2. The van der Waals surface area contributed by atoms with Crippen LogP contribution >= 0.6 is 0 Å². The quantitative estimate of drug-likeness (QED) is 0.400. The Balaban J connectivity index is 1.61. The lowest BCUT2D eigenvalue weighted by Crippen LogP contribution is -2.26. The molecule has 0 bridgehead atoms. The fourth-order valence-electron chi connectivity index (χ4n) is 4.40. The topological polar surface area (TPSA) is 88.9 Å². The van der Waals surface area contributed by atoms with Crippen LogP contribution in [-0.4, -0.2) is 33.1 Å². The Morgan fingerprint density at radius 1 is 1.00 bits per heavy atom. The number of nitrogens with zero attached hydrogens (tertiary/aromatic N) is 3. The van der Waals surface area contributed by atoms with Gasteiger partial charge in [0.15, 0.2) is 0 Å². The molecule has 4 aromatic rings. The zero-order valence-corrected chi connectivity index (χ0v) is 20.9. The molecule has 180 valence electrons. The third-order valence-corrected chi connectivity index (χ3v) is 6.20. The summed E-state index contributed by atoms with van der Waals surface area (Å²) in [6.45, 7) is 11.0. The molecule has 7 nitrogen and oxygen atoms in total. The van der Waals surface area contributed by atoms with Crippen molar-refractivity contribution in [3.63, 3.8) is 0 Å². The number of amides is 2. The van der Waals surface area contributed by atoms with E-state index in [0.29, 0.717) is 23.5 Å². The molecule has 0 aliphatic carbocycles. The van der Waals surface area contributed by atoms with Crippen LogP contribution in [0.2, 0.25) is 0 Å². The number of aromatic nitrogens is 3. The van der Waals surface area contributed by atoms with Crippen LogP contribution in [0.25, 0.3) is 22.2 Å². The minimum absolute atomic E-state index is 0.122. The van der Waals surface area contributed by atoms with E-state index in [-0.39, 0.29) is 11.8 Å². The maximum Gasteiger partial charge on any atom is 0.252 e. The summed E-state index contributed by atoms with van der Waals surface area (Å²) in [4.78, 5) is 29.5. The maximum atomic E-state index is 13.3. The van der Waals surface area contributed by atoms with Crippen molar-refractivity contribution in [3.05, 3.63) is 76.6 Å². The number of hydrogen-bond donors (Lipinski definition) is 2. The Morgan fingerprint density at radius 3 is 2.40 bits per heavy atom. The normalized spacial score (nSPS) is 11.0. The molecule has 0 unspecified atom stereocenters. The monoisotopic (exact) mass is 469 g/mol. The summed E-state index contributed by atoms with van der Waals surface area (Å²) in [5, 5.41) is 11.3. The average Bonchev–Trinajstić information content (AvgIpc) is 3.11. The Bertz CT molecular complexity index is 1400. The van der Waals surface area contributed by atoms with Crippen molar-refractivity contribution in [2.75, 3.05) is 11.9 Å². The lowest BCUT2D eigenvalue weighted by Gasteiger charge is -2.12. The van der Waals surface area contributed by atoms with Gasteiger partial charge < -0.3 is 10.6 Å². The van der Waals surface area contributed by atoms with Crippen LogP contribution < -0.4 is 10.6 Å². The molecule has 0 aliphatic rings. The number of aryl methyl sites for hydroxylation is 3. The fraction of sp³-hybridized carbons (Fsp3) is 0.286. The largest absolute Gasteiger partial charge is 0.352 e. The van der Waals surface area contributed by atoms with E-state index in [1.165, 1.54) is 12.5 Å². The highest BCUT2D eigenvalue weighted by molar-refractivity contribution is 6.07. The Morgan fingerprint density at radius 2 is 1.74 bits per heavy atom. The first-order valence-electron chi connectivity index (χ1n) is 11.9. The van der Waals surface area contributed by atoms with Gasteiger partial charge >= 0.3 is 0 Å². The Kier molecular flexibility index (Phi) is 6.96. The van der Waals surface area contributed by atoms with Crippen LogP contribution in [-0.2, 0) is 17.8 Å². The standard InChI is InChI=1S/C28H31N5O2/c1-6-33-19(4)23(18(3)32-33)13-14-29-28(35)25-16-27(31-26-12-7-17(2)15-24(25)26)21-8-10-22(11-9-21)30-20(5)34/h7-12,15-16H,6,13-14H2,1-5H3,(H,29,35)(H,30,34). The van der Waals surface area contributed by atoms with Crippen molar-refractivity contribution in [3.8, 4) is 11.3 Å². The van der Waals surface area contributed by atoms with Gasteiger partial charge in [0.05, 0.1) is 22.5 Å². The fourth-order valence-corrected chi connectivity index (χ4v) is 4.40. The van der Waals surface area contributed by atoms with E-state index in [2.05, 4.69) is 29.6 Å². The lowest BCUT2D eigenvalue weighted by molar-refractivity contribution is -0.114. The molecule has 0 saturated carbocycles. The van der Waals surface area contributed by atoms with E-state index in [9.17, 15) is 9.59 Å². The summed E-state index contributed by atoms with van der Waals surface area (Å²) < 4.78 is 2.00. The first kappa shape index (κ1) is 24.1. The molecule has 35 heavy (non-hydrogen) atoms. The smallest absolute Gasteiger partial charge is 0.252 e. The second kappa shape index (κ2) is 10.1. The molecular formula is C28H31N5O2. The van der Waals surface area contributed by atoms with Crippen LogP contribution in [0.3, 0.4) is 0 Å². The first-order chi connectivity index (χ1) is 16.8. The highest BCUT2D eigenvalue weighted by Crippen LogP contribution is 2.27. The van der Waals surface area contributed by atoms with Crippen molar-refractivity contribution >= 4 is 28.4 Å². The summed E-state index contributed by atoms with van der Waals surface area (Å²) in [7, 11) is 0. The molecule has 2 aromatic carbocycles. The third kappa shape index (κ3) is 5.24. The van der Waals surface area contributed by atoms with Crippen molar-refractivity contribution in [1.82, 2.24) is 20.1 Å².